The van der Waals surface area contributed by atoms with Gasteiger partial charge >= 0.3 is 0 Å². The number of benzene rings is 2. The number of hydrogen-bond donors (Lipinski definition) is 4. The van der Waals surface area contributed by atoms with Crippen LogP contribution in [-0.4, -0.2) is 67.4 Å². The molecule has 4 atom stereocenters. The highest BCUT2D eigenvalue weighted by Crippen LogP contribution is 2.46. The Morgan fingerprint density at radius 1 is 1.11 bits per heavy atom. The van der Waals surface area contributed by atoms with E-state index < -0.39 is 12.0 Å². The van der Waals surface area contributed by atoms with E-state index in [1.807, 2.05) is 43.3 Å². The molecular weight excluding hydrogens is 716 g/mol. The van der Waals surface area contributed by atoms with Gasteiger partial charge in [0.25, 0.3) is 5.56 Å². The minimum Gasteiger partial charge on any atom is -0.380 e. The Morgan fingerprint density at radius 2 is 1.89 bits per heavy atom. The molecule has 2 aliphatic carbocycles. The van der Waals surface area contributed by atoms with Gasteiger partial charge in [0.05, 0.1) is 42.6 Å². The Kier molecular flexibility index (Phi) is 12.1. The average Bonchev–Trinajstić information content (AvgIpc) is 3.99. The van der Waals surface area contributed by atoms with E-state index >= 15 is 4.39 Å². The van der Waals surface area contributed by atoms with Crippen molar-refractivity contribution in [1.29, 1.82) is 0 Å². The van der Waals surface area contributed by atoms with Crippen molar-refractivity contribution >= 4 is 29.0 Å². The Labute approximate surface area is 325 Å². The lowest BCUT2D eigenvalue weighted by molar-refractivity contribution is -0.128. The van der Waals surface area contributed by atoms with Crippen molar-refractivity contribution in [3.8, 4) is 11.4 Å². The molecule has 1 fully saturated rings. The molecule has 7 rings (SSSR count). The summed E-state index contributed by atoms with van der Waals surface area (Å²) in [6.45, 7) is 3.92. The van der Waals surface area contributed by atoms with Crippen LogP contribution < -0.4 is 26.8 Å². The molecule has 3 heterocycles. The molecule has 2 aromatic heterocycles. The molecular formula is C43H51FN6O6. The molecule has 3 aliphatic rings. The summed E-state index contributed by atoms with van der Waals surface area (Å²) in [5.41, 5.74) is 7.02. The predicted molar refractivity (Wildman–Crippen MR) is 210 cm³/mol. The lowest BCUT2D eigenvalue weighted by atomic mass is 9.81. The number of nitrogens with one attached hydrogen (secondary N) is 4. The predicted octanol–water partition coefficient (Wildman–Crippen LogP) is 4.45. The number of fused-ring (bicyclic) bond motifs is 4. The summed E-state index contributed by atoms with van der Waals surface area (Å²) in [6.07, 6.45) is 5.59. The van der Waals surface area contributed by atoms with Crippen LogP contribution in [0, 0.1) is 18.7 Å². The number of aromatic nitrogens is 2. The van der Waals surface area contributed by atoms with Gasteiger partial charge in [0.2, 0.25) is 11.8 Å². The van der Waals surface area contributed by atoms with Gasteiger partial charge in [-0.15, -0.1) is 0 Å². The first-order valence-corrected chi connectivity index (χ1v) is 19.7. The number of nitrogens with zero attached hydrogens (tertiary/aromatic N) is 2. The fourth-order valence-corrected chi connectivity index (χ4v) is 8.42. The van der Waals surface area contributed by atoms with Crippen molar-refractivity contribution in [3.63, 3.8) is 0 Å². The fourth-order valence-electron chi connectivity index (χ4n) is 8.42. The number of ether oxygens (including phenoxy) is 2. The highest BCUT2D eigenvalue weighted by atomic mass is 19.1. The molecule has 0 saturated heterocycles. The minimum atomic E-state index is -0.484. The van der Waals surface area contributed by atoms with Crippen LogP contribution in [0.5, 0.6) is 0 Å². The standard InChI is InChI=1S/C43H51FN6O6/c1-5-9-27(21-51)29-17-36-40-30(20-50(36)43(54)31(29)22-55-4)39-33(15-14-28-24(2)32(44)18-34(48-40)38(28)39)49-42(26-12-13-26)56-23-47-37(52)19-46-41(53)35(45-3)16-25-10-7-6-8-11-25/h6-8,10-11,17-18,21,26-27,33,35,42,45,49H,5,9,12-16,19-20,22-23H2,1-4H3,(H,46,53)(H,47,52)/t27?,33-,35-,42?/m0/s1. The van der Waals surface area contributed by atoms with Crippen LogP contribution in [0.3, 0.4) is 0 Å². The van der Waals surface area contributed by atoms with E-state index in [0.29, 0.717) is 59.3 Å². The molecule has 0 spiro atoms. The molecule has 12 nitrogen and oxygen atoms in total. The van der Waals surface area contributed by atoms with Gasteiger partial charge in [0.15, 0.2) is 0 Å². The number of methoxy groups -OCH3 is 1. The summed E-state index contributed by atoms with van der Waals surface area (Å²) < 4.78 is 28.9. The summed E-state index contributed by atoms with van der Waals surface area (Å²) in [5.74, 6) is -1.19. The molecule has 0 bridgehead atoms. The van der Waals surface area contributed by atoms with E-state index in [1.54, 1.807) is 18.5 Å². The minimum absolute atomic E-state index is 0.0542. The largest absolute Gasteiger partial charge is 0.380 e. The van der Waals surface area contributed by atoms with E-state index in [0.717, 1.165) is 53.2 Å². The van der Waals surface area contributed by atoms with Crippen LogP contribution in [0.25, 0.3) is 22.3 Å². The maximum absolute atomic E-state index is 15.4. The molecule has 56 heavy (non-hydrogen) atoms. The number of aryl methyl sites for hydroxylation is 1. The normalized spacial score (nSPS) is 17.2. The van der Waals surface area contributed by atoms with Gasteiger partial charge < -0.3 is 34.8 Å². The van der Waals surface area contributed by atoms with Crippen LogP contribution >= 0.6 is 0 Å². The Bertz CT molecular complexity index is 2190. The molecule has 0 radical (unpaired) electrons. The van der Waals surface area contributed by atoms with E-state index in [9.17, 15) is 19.2 Å². The zero-order valence-electron chi connectivity index (χ0n) is 32.5. The van der Waals surface area contributed by atoms with Gasteiger partial charge in [0.1, 0.15) is 25.1 Å². The average molecular weight is 767 g/mol. The molecule has 2 unspecified atom stereocenters. The summed E-state index contributed by atoms with van der Waals surface area (Å²) in [5, 5.41) is 13.2. The molecule has 4 N–H and O–H groups in total. The lowest BCUT2D eigenvalue weighted by Gasteiger charge is -2.33. The Hall–Kier alpha value is -4.82. The third-order valence-electron chi connectivity index (χ3n) is 11.5. The lowest BCUT2D eigenvalue weighted by Crippen LogP contribution is -2.48. The highest BCUT2D eigenvalue weighted by Gasteiger charge is 2.39. The van der Waals surface area contributed by atoms with Gasteiger partial charge in [-0.3, -0.25) is 19.7 Å². The van der Waals surface area contributed by atoms with E-state index in [4.69, 9.17) is 14.5 Å². The quantitative estimate of drug-likeness (QED) is 0.0749. The SMILES string of the molecule is CCCC(C=O)c1cc2n(c(=O)c1COC)Cc1c-2nc2cc(F)c(C)c3c2c1[C@@H](NC(OCNC(=O)CNC(=O)[C@H](Cc1ccccc1)NC)C1CC1)CC3. The van der Waals surface area contributed by atoms with Crippen molar-refractivity contribution in [3.05, 3.63) is 97.6 Å². The summed E-state index contributed by atoms with van der Waals surface area (Å²) >= 11 is 0. The third kappa shape index (κ3) is 7.90. The highest BCUT2D eigenvalue weighted by molar-refractivity contribution is 5.93. The Morgan fingerprint density at radius 3 is 2.59 bits per heavy atom. The number of aldehydes is 1. The summed E-state index contributed by atoms with van der Waals surface area (Å²) in [7, 11) is 3.25. The number of halogens is 1. The van der Waals surface area contributed by atoms with Crippen LogP contribution in [0.2, 0.25) is 0 Å². The second kappa shape index (κ2) is 17.1. The second-order valence-electron chi connectivity index (χ2n) is 15.2. The zero-order chi connectivity index (χ0) is 39.5. The first-order valence-electron chi connectivity index (χ1n) is 19.7. The number of hydrogen-bond acceptors (Lipinski definition) is 9. The van der Waals surface area contributed by atoms with Gasteiger partial charge in [0, 0.05) is 41.6 Å². The van der Waals surface area contributed by atoms with Crippen molar-refractivity contribution in [2.24, 2.45) is 5.92 Å². The number of carbonyl (C=O) groups is 3. The van der Waals surface area contributed by atoms with Crippen LogP contribution in [0.15, 0.2) is 47.3 Å². The number of carbonyl (C=O) groups excluding carboxylic acids is 3. The van der Waals surface area contributed by atoms with Gasteiger partial charge in [-0.25, -0.2) is 9.37 Å². The fraction of sp³-hybridized carbons (Fsp3) is 0.465. The van der Waals surface area contributed by atoms with Crippen molar-refractivity contribution in [2.45, 2.75) is 96.2 Å². The Balaban J connectivity index is 1.12. The van der Waals surface area contributed by atoms with E-state index in [1.165, 1.54) is 13.2 Å². The zero-order valence-corrected chi connectivity index (χ0v) is 32.5. The first kappa shape index (κ1) is 39.4. The van der Waals surface area contributed by atoms with E-state index in [-0.39, 0.29) is 67.8 Å². The van der Waals surface area contributed by atoms with Crippen LogP contribution in [-0.2, 0) is 49.9 Å². The topological polar surface area (TPSA) is 153 Å². The number of likely N-dealkylation sites (N-methyl/N-ethyl adjacent to an activating group) is 1. The molecule has 1 aliphatic heterocycles. The van der Waals surface area contributed by atoms with Crippen molar-refractivity contribution in [2.75, 3.05) is 27.4 Å². The van der Waals surface area contributed by atoms with Gasteiger partial charge in [-0.2, -0.15) is 0 Å². The molecule has 2 amide bonds. The first-order chi connectivity index (χ1) is 27.2. The number of rotatable bonds is 18. The molecule has 2 aromatic carbocycles. The number of amides is 2. The summed E-state index contributed by atoms with van der Waals surface area (Å²) in [4.78, 5) is 57.1. The smallest absolute Gasteiger partial charge is 0.257 e. The molecule has 1 saturated carbocycles. The summed E-state index contributed by atoms with van der Waals surface area (Å²) in [6, 6.07) is 12.4. The van der Waals surface area contributed by atoms with Crippen LogP contribution in [0.4, 0.5) is 4.39 Å². The van der Waals surface area contributed by atoms with Crippen LogP contribution in [0.1, 0.15) is 89.9 Å². The third-order valence-corrected chi connectivity index (χ3v) is 11.5. The molecule has 13 heteroatoms. The monoisotopic (exact) mass is 766 g/mol. The molecule has 296 valence electrons. The number of pyridine rings is 2. The molecule has 4 aromatic rings. The van der Waals surface area contributed by atoms with Gasteiger partial charge in [-0.05, 0) is 92.3 Å². The van der Waals surface area contributed by atoms with Crippen molar-refractivity contribution in [1.82, 2.24) is 30.8 Å². The second-order valence-corrected chi connectivity index (χ2v) is 15.2. The van der Waals surface area contributed by atoms with Crippen molar-refractivity contribution < 1.29 is 28.2 Å². The van der Waals surface area contributed by atoms with E-state index in [2.05, 4.69) is 21.3 Å². The van der Waals surface area contributed by atoms with Gasteiger partial charge in [-0.1, -0.05) is 43.7 Å². The maximum Gasteiger partial charge on any atom is 0.257 e. The maximum atomic E-state index is 15.4.